The van der Waals surface area contributed by atoms with Gasteiger partial charge in [0.15, 0.2) is 0 Å². The van der Waals surface area contributed by atoms with Crippen LogP contribution in [0.4, 0.5) is 0 Å². The third-order valence-corrected chi connectivity index (χ3v) is 5.53. The molecule has 0 aliphatic heterocycles. The molecular formula is C18H27Cl2N. The first kappa shape index (κ1) is 17.1. The van der Waals surface area contributed by atoms with Crippen LogP contribution in [0.25, 0.3) is 0 Å². The number of hydrogen-bond donors (Lipinski definition) is 1. The van der Waals surface area contributed by atoms with E-state index >= 15 is 0 Å². The van der Waals surface area contributed by atoms with E-state index in [1.807, 2.05) is 18.2 Å². The first-order chi connectivity index (χ1) is 9.94. The first-order valence-electron chi connectivity index (χ1n) is 8.11. The molecule has 1 nitrogen and oxygen atoms in total. The van der Waals surface area contributed by atoms with E-state index in [2.05, 4.69) is 26.1 Å². The lowest BCUT2D eigenvalue weighted by molar-refractivity contribution is 0.195. The molecule has 21 heavy (non-hydrogen) atoms. The SMILES string of the molecule is CCCNC(Cc1cc(Cl)ccc1Cl)C1CCCC1(C)C. The standard InChI is InChI=1S/C18H27Cl2N/c1-4-10-21-17(15-6-5-9-18(15,2)3)12-13-11-14(19)7-8-16(13)20/h7-8,11,15,17,21H,4-6,9-10,12H2,1-3H3. The van der Waals surface area contributed by atoms with Crippen molar-refractivity contribution in [2.45, 2.75) is 58.9 Å². The minimum absolute atomic E-state index is 0.413. The summed E-state index contributed by atoms with van der Waals surface area (Å²) in [4.78, 5) is 0. The predicted octanol–water partition coefficient (Wildman–Crippen LogP) is 5.73. The Hall–Kier alpha value is -0.240. The monoisotopic (exact) mass is 327 g/mol. The average Bonchev–Trinajstić information content (AvgIpc) is 2.78. The summed E-state index contributed by atoms with van der Waals surface area (Å²) < 4.78 is 0. The smallest absolute Gasteiger partial charge is 0.0439 e. The van der Waals surface area contributed by atoms with E-state index in [0.29, 0.717) is 17.4 Å². The van der Waals surface area contributed by atoms with E-state index in [0.717, 1.165) is 29.4 Å². The van der Waals surface area contributed by atoms with Gasteiger partial charge in [0.1, 0.15) is 0 Å². The predicted molar refractivity (Wildman–Crippen MR) is 93.4 cm³/mol. The first-order valence-corrected chi connectivity index (χ1v) is 8.87. The average molecular weight is 328 g/mol. The molecule has 1 aliphatic carbocycles. The van der Waals surface area contributed by atoms with Crippen LogP contribution in [0.2, 0.25) is 10.0 Å². The van der Waals surface area contributed by atoms with Crippen LogP contribution in [0.1, 0.15) is 52.0 Å². The quantitative estimate of drug-likeness (QED) is 0.703. The van der Waals surface area contributed by atoms with Crippen molar-refractivity contribution >= 4 is 23.2 Å². The van der Waals surface area contributed by atoms with Crippen molar-refractivity contribution < 1.29 is 0 Å². The van der Waals surface area contributed by atoms with Crippen molar-refractivity contribution in [1.82, 2.24) is 5.32 Å². The zero-order chi connectivity index (χ0) is 15.5. The number of nitrogens with one attached hydrogen (secondary N) is 1. The Morgan fingerprint density at radius 3 is 2.71 bits per heavy atom. The molecule has 2 atom stereocenters. The van der Waals surface area contributed by atoms with E-state index < -0.39 is 0 Å². The van der Waals surface area contributed by atoms with Gasteiger partial charge in [-0.05, 0) is 67.3 Å². The van der Waals surface area contributed by atoms with E-state index in [1.54, 1.807) is 0 Å². The molecule has 3 heteroatoms. The largest absolute Gasteiger partial charge is 0.313 e. The van der Waals surface area contributed by atoms with Crippen molar-refractivity contribution in [2.75, 3.05) is 6.54 Å². The maximum atomic E-state index is 6.37. The van der Waals surface area contributed by atoms with Crippen LogP contribution in [-0.2, 0) is 6.42 Å². The minimum atomic E-state index is 0.413. The summed E-state index contributed by atoms with van der Waals surface area (Å²) in [5.41, 5.74) is 1.58. The molecule has 0 radical (unpaired) electrons. The Bertz CT molecular complexity index is 470. The topological polar surface area (TPSA) is 12.0 Å². The molecule has 0 saturated heterocycles. The molecule has 0 spiro atoms. The molecule has 0 aromatic heterocycles. The summed E-state index contributed by atoms with van der Waals surface area (Å²) in [5, 5.41) is 5.36. The Labute approximate surface area is 139 Å². The zero-order valence-electron chi connectivity index (χ0n) is 13.4. The summed E-state index contributed by atoms with van der Waals surface area (Å²) >= 11 is 12.5. The second-order valence-electron chi connectivity index (χ2n) is 6.99. The van der Waals surface area contributed by atoms with Crippen molar-refractivity contribution in [3.8, 4) is 0 Å². The van der Waals surface area contributed by atoms with Gasteiger partial charge in [-0.15, -0.1) is 0 Å². The molecule has 1 aromatic rings. The summed E-state index contributed by atoms with van der Waals surface area (Å²) in [7, 11) is 0. The Balaban J connectivity index is 2.18. The fourth-order valence-electron chi connectivity index (χ4n) is 3.72. The van der Waals surface area contributed by atoms with Gasteiger partial charge < -0.3 is 5.32 Å². The molecule has 1 saturated carbocycles. The van der Waals surface area contributed by atoms with Crippen LogP contribution >= 0.6 is 23.2 Å². The Morgan fingerprint density at radius 2 is 2.10 bits per heavy atom. The fourth-order valence-corrected chi connectivity index (χ4v) is 4.11. The van der Waals surface area contributed by atoms with Gasteiger partial charge >= 0.3 is 0 Å². The van der Waals surface area contributed by atoms with Crippen molar-refractivity contribution in [2.24, 2.45) is 11.3 Å². The molecule has 0 heterocycles. The zero-order valence-corrected chi connectivity index (χ0v) is 14.9. The lowest BCUT2D eigenvalue weighted by Gasteiger charge is -2.35. The second kappa shape index (κ2) is 7.35. The van der Waals surface area contributed by atoms with Crippen LogP contribution in [0, 0.1) is 11.3 Å². The van der Waals surface area contributed by atoms with Crippen molar-refractivity contribution in [3.05, 3.63) is 33.8 Å². The Morgan fingerprint density at radius 1 is 1.33 bits per heavy atom. The maximum Gasteiger partial charge on any atom is 0.0439 e. The molecule has 0 bridgehead atoms. The summed E-state index contributed by atoms with van der Waals surface area (Å²) in [5.74, 6) is 0.707. The van der Waals surface area contributed by atoms with Gasteiger partial charge in [-0.1, -0.05) is 50.4 Å². The van der Waals surface area contributed by atoms with Crippen molar-refractivity contribution in [1.29, 1.82) is 0 Å². The van der Waals surface area contributed by atoms with Crippen molar-refractivity contribution in [3.63, 3.8) is 0 Å². The van der Waals surface area contributed by atoms with Gasteiger partial charge in [0.2, 0.25) is 0 Å². The van der Waals surface area contributed by atoms with Gasteiger partial charge in [0.25, 0.3) is 0 Å². The van der Waals surface area contributed by atoms with Gasteiger partial charge in [0, 0.05) is 16.1 Å². The highest BCUT2D eigenvalue weighted by atomic mass is 35.5. The van der Waals surface area contributed by atoms with Crippen LogP contribution < -0.4 is 5.32 Å². The number of rotatable bonds is 6. The van der Waals surface area contributed by atoms with E-state index in [9.17, 15) is 0 Å². The number of hydrogen-bond acceptors (Lipinski definition) is 1. The summed E-state index contributed by atoms with van der Waals surface area (Å²) in [6, 6.07) is 6.28. The fraction of sp³-hybridized carbons (Fsp3) is 0.667. The molecule has 118 valence electrons. The van der Waals surface area contributed by atoms with Crippen LogP contribution in [0.15, 0.2) is 18.2 Å². The minimum Gasteiger partial charge on any atom is -0.313 e. The Kier molecular flexibility index (Phi) is 5.99. The molecule has 1 N–H and O–H groups in total. The maximum absolute atomic E-state index is 6.37. The second-order valence-corrected chi connectivity index (χ2v) is 7.83. The molecule has 1 aliphatic rings. The number of benzene rings is 1. The van der Waals surface area contributed by atoms with Gasteiger partial charge in [-0.3, -0.25) is 0 Å². The van der Waals surface area contributed by atoms with Crippen LogP contribution in [0.5, 0.6) is 0 Å². The molecule has 2 unspecified atom stereocenters. The highest BCUT2D eigenvalue weighted by Gasteiger charge is 2.39. The van der Waals surface area contributed by atoms with Gasteiger partial charge in [0.05, 0.1) is 0 Å². The molecule has 0 amide bonds. The van der Waals surface area contributed by atoms with Crippen LogP contribution in [-0.4, -0.2) is 12.6 Å². The van der Waals surface area contributed by atoms with E-state index in [4.69, 9.17) is 23.2 Å². The summed E-state index contributed by atoms with van der Waals surface area (Å²) in [6.07, 6.45) is 6.10. The normalized spacial score (nSPS) is 22.4. The molecule has 1 aromatic carbocycles. The lowest BCUT2D eigenvalue weighted by Crippen LogP contribution is -2.42. The third-order valence-electron chi connectivity index (χ3n) is 4.93. The highest BCUT2D eigenvalue weighted by Crippen LogP contribution is 2.45. The molecular weight excluding hydrogens is 301 g/mol. The van der Waals surface area contributed by atoms with Gasteiger partial charge in [-0.2, -0.15) is 0 Å². The molecule has 1 fully saturated rings. The lowest BCUT2D eigenvalue weighted by atomic mass is 9.76. The van der Waals surface area contributed by atoms with Gasteiger partial charge in [-0.25, -0.2) is 0 Å². The third kappa shape index (κ3) is 4.37. The van der Waals surface area contributed by atoms with E-state index in [-0.39, 0.29) is 0 Å². The van der Waals surface area contributed by atoms with Crippen LogP contribution in [0.3, 0.4) is 0 Å². The molecule has 2 rings (SSSR count). The summed E-state index contributed by atoms with van der Waals surface area (Å²) in [6.45, 7) is 8.10. The highest BCUT2D eigenvalue weighted by molar-refractivity contribution is 6.33. The van der Waals surface area contributed by atoms with E-state index in [1.165, 1.54) is 24.8 Å². The number of halogens is 2.